The molecule has 0 saturated heterocycles. The summed E-state index contributed by atoms with van der Waals surface area (Å²) in [6.45, 7) is 3.68. The SMILES string of the molecule is Cc1ccc(F)c(C(=O)c2ccc(Br)cc2C)c1. The quantitative estimate of drug-likeness (QED) is 0.750. The predicted octanol–water partition coefficient (Wildman–Crippen LogP) is 4.44. The number of halogens is 2. The van der Waals surface area contributed by atoms with Crippen molar-refractivity contribution in [2.75, 3.05) is 0 Å². The van der Waals surface area contributed by atoms with Crippen LogP contribution in [-0.2, 0) is 0 Å². The third-order valence-electron chi connectivity index (χ3n) is 2.80. The average Bonchev–Trinajstić information content (AvgIpc) is 2.31. The minimum absolute atomic E-state index is 0.125. The van der Waals surface area contributed by atoms with Gasteiger partial charge in [-0.2, -0.15) is 0 Å². The summed E-state index contributed by atoms with van der Waals surface area (Å²) < 4.78 is 14.6. The van der Waals surface area contributed by atoms with Crippen molar-refractivity contribution in [2.24, 2.45) is 0 Å². The molecule has 3 heteroatoms. The molecule has 0 saturated carbocycles. The maximum absolute atomic E-state index is 13.7. The van der Waals surface area contributed by atoms with Crippen LogP contribution in [0.1, 0.15) is 27.0 Å². The van der Waals surface area contributed by atoms with Gasteiger partial charge in [-0.25, -0.2) is 4.39 Å². The highest BCUT2D eigenvalue weighted by Crippen LogP contribution is 2.21. The Hall–Kier alpha value is -1.48. The van der Waals surface area contributed by atoms with Crippen molar-refractivity contribution in [3.63, 3.8) is 0 Å². The molecule has 0 aliphatic rings. The summed E-state index contributed by atoms with van der Waals surface area (Å²) in [5.74, 6) is -0.755. The second-order valence-electron chi connectivity index (χ2n) is 4.27. The largest absolute Gasteiger partial charge is 0.288 e. The lowest BCUT2D eigenvalue weighted by atomic mass is 9.98. The maximum Gasteiger partial charge on any atom is 0.196 e. The summed E-state index contributed by atoms with van der Waals surface area (Å²) >= 11 is 3.34. The molecule has 92 valence electrons. The normalized spacial score (nSPS) is 10.4. The molecule has 2 aromatic carbocycles. The summed E-state index contributed by atoms with van der Waals surface area (Å²) in [6, 6.07) is 9.91. The fraction of sp³-hybridized carbons (Fsp3) is 0.133. The second kappa shape index (κ2) is 5.02. The smallest absolute Gasteiger partial charge is 0.196 e. The summed E-state index contributed by atoms with van der Waals surface area (Å²) in [4.78, 5) is 12.3. The Morgan fingerprint density at radius 2 is 1.78 bits per heavy atom. The maximum atomic E-state index is 13.7. The monoisotopic (exact) mass is 306 g/mol. The fourth-order valence-corrected chi connectivity index (χ4v) is 2.32. The topological polar surface area (TPSA) is 17.1 Å². The molecule has 0 spiro atoms. The van der Waals surface area contributed by atoms with Crippen LogP contribution in [0.3, 0.4) is 0 Å². The number of rotatable bonds is 2. The molecular formula is C15H12BrFO. The number of hydrogen-bond donors (Lipinski definition) is 0. The second-order valence-corrected chi connectivity index (χ2v) is 5.19. The number of carbonyl (C=O) groups excluding carboxylic acids is 1. The molecule has 0 atom stereocenters. The molecule has 0 bridgehead atoms. The first-order valence-corrected chi connectivity index (χ1v) is 6.35. The van der Waals surface area contributed by atoms with E-state index in [2.05, 4.69) is 15.9 Å². The zero-order chi connectivity index (χ0) is 13.3. The van der Waals surface area contributed by atoms with Crippen molar-refractivity contribution in [1.29, 1.82) is 0 Å². The lowest BCUT2D eigenvalue weighted by molar-refractivity contribution is 0.103. The minimum atomic E-state index is -0.479. The van der Waals surface area contributed by atoms with Crippen LogP contribution in [0.15, 0.2) is 40.9 Å². The Labute approximate surface area is 114 Å². The van der Waals surface area contributed by atoms with Crippen molar-refractivity contribution in [3.05, 3.63) is 68.9 Å². The molecule has 0 heterocycles. The van der Waals surface area contributed by atoms with Crippen LogP contribution < -0.4 is 0 Å². The molecule has 0 aliphatic carbocycles. The van der Waals surface area contributed by atoms with E-state index in [1.165, 1.54) is 6.07 Å². The molecule has 2 aromatic rings. The Balaban J connectivity index is 2.51. The molecule has 1 nitrogen and oxygen atoms in total. The fourth-order valence-electron chi connectivity index (χ4n) is 1.84. The van der Waals surface area contributed by atoms with Gasteiger partial charge >= 0.3 is 0 Å². The molecule has 2 rings (SSSR count). The van der Waals surface area contributed by atoms with Crippen LogP contribution in [0, 0.1) is 19.7 Å². The van der Waals surface area contributed by atoms with Gasteiger partial charge in [-0.3, -0.25) is 4.79 Å². The van der Waals surface area contributed by atoms with Crippen LogP contribution in [0.2, 0.25) is 0 Å². The van der Waals surface area contributed by atoms with E-state index >= 15 is 0 Å². The first-order chi connectivity index (χ1) is 8.49. The van der Waals surface area contributed by atoms with Crippen molar-refractivity contribution >= 4 is 21.7 Å². The third-order valence-corrected chi connectivity index (χ3v) is 3.29. The van der Waals surface area contributed by atoms with Crippen molar-refractivity contribution in [1.82, 2.24) is 0 Å². The van der Waals surface area contributed by atoms with Gasteiger partial charge in [-0.15, -0.1) is 0 Å². The number of ketones is 1. The molecule has 0 fully saturated rings. The van der Waals surface area contributed by atoms with E-state index in [0.29, 0.717) is 5.56 Å². The van der Waals surface area contributed by atoms with Crippen molar-refractivity contribution in [2.45, 2.75) is 13.8 Å². The lowest BCUT2D eigenvalue weighted by Gasteiger charge is -2.07. The summed E-state index contributed by atoms with van der Waals surface area (Å²) in [7, 11) is 0. The minimum Gasteiger partial charge on any atom is -0.288 e. The molecule has 18 heavy (non-hydrogen) atoms. The van der Waals surface area contributed by atoms with Crippen LogP contribution in [-0.4, -0.2) is 5.78 Å². The Kier molecular flexibility index (Phi) is 3.62. The number of hydrogen-bond acceptors (Lipinski definition) is 1. The van der Waals surface area contributed by atoms with Gasteiger partial charge in [0, 0.05) is 10.0 Å². The standard InChI is InChI=1S/C15H12BrFO/c1-9-3-6-14(17)13(7-9)15(18)12-5-4-11(16)8-10(12)2/h3-8H,1-2H3. The number of carbonyl (C=O) groups is 1. The summed E-state index contributed by atoms with van der Waals surface area (Å²) in [6.07, 6.45) is 0. The lowest BCUT2D eigenvalue weighted by Crippen LogP contribution is -2.06. The van der Waals surface area contributed by atoms with Gasteiger partial charge in [-0.1, -0.05) is 27.6 Å². The first-order valence-electron chi connectivity index (χ1n) is 5.56. The van der Waals surface area contributed by atoms with Gasteiger partial charge in [0.2, 0.25) is 0 Å². The van der Waals surface area contributed by atoms with Crippen molar-refractivity contribution in [3.8, 4) is 0 Å². The molecule has 0 amide bonds. The van der Waals surface area contributed by atoms with E-state index in [9.17, 15) is 9.18 Å². The Morgan fingerprint density at radius 1 is 1.06 bits per heavy atom. The zero-order valence-electron chi connectivity index (χ0n) is 10.1. The van der Waals surface area contributed by atoms with E-state index in [4.69, 9.17) is 0 Å². The zero-order valence-corrected chi connectivity index (χ0v) is 11.7. The van der Waals surface area contributed by atoms with Crippen LogP contribution >= 0.6 is 15.9 Å². The Bertz CT molecular complexity index is 620. The van der Waals surface area contributed by atoms with Gasteiger partial charge in [0.05, 0.1) is 5.56 Å². The molecule has 0 unspecified atom stereocenters. The van der Waals surface area contributed by atoms with E-state index < -0.39 is 5.82 Å². The van der Waals surface area contributed by atoms with Crippen LogP contribution in [0.25, 0.3) is 0 Å². The first kappa shape index (κ1) is 13.0. The molecule has 0 radical (unpaired) electrons. The molecule has 0 N–H and O–H groups in total. The van der Waals surface area contributed by atoms with E-state index in [-0.39, 0.29) is 11.3 Å². The summed E-state index contributed by atoms with van der Waals surface area (Å²) in [5.41, 5.74) is 2.35. The molecule has 0 aliphatic heterocycles. The average molecular weight is 307 g/mol. The van der Waals surface area contributed by atoms with Crippen molar-refractivity contribution < 1.29 is 9.18 Å². The summed E-state index contributed by atoms with van der Waals surface area (Å²) in [5, 5.41) is 0. The molecule has 0 aromatic heterocycles. The highest BCUT2D eigenvalue weighted by atomic mass is 79.9. The van der Waals surface area contributed by atoms with Crippen LogP contribution in [0.4, 0.5) is 4.39 Å². The highest BCUT2D eigenvalue weighted by molar-refractivity contribution is 9.10. The van der Waals surface area contributed by atoms with Gasteiger partial charge in [0.15, 0.2) is 5.78 Å². The van der Waals surface area contributed by atoms with Gasteiger partial charge < -0.3 is 0 Å². The van der Waals surface area contributed by atoms with E-state index in [0.717, 1.165) is 15.6 Å². The van der Waals surface area contributed by atoms with Crippen LogP contribution in [0.5, 0.6) is 0 Å². The third kappa shape index (κ3) is 2.51. The number of benzene rings is 2. The van der Waals surface area contributed by atoms with E-state index in [1.54, 1.807) is 24.3 Å². The highest BCUT2D eigenvalue weighted by Gasteiger charge is 2.16. The molecular weight excluding hydrogens is 295 g/mol. The Morgan fingerprint density at radius 3 is 2.44 bits per heavy atom. The predicted molar refractivity (Wildman–Crippen MR) is 73.4 cm³/mol. The van der Waals surface area contributed by atoms with Gasteiger partial charge in [0.1, 0.15) is 5.82 Å². The van der Waals surface area contributed by atoms with E-state index in [1.807, 2.05) is 19.9 Å². The van der Waals surface area contributed by atoms with Gasteiger partial charge in [-0.05, 0) is 49.7 Å². The number of aryl methyl sites for hydroxylation is 2. The van der Waals surface area contributed by atoms with Gasteiger partial charge in [0.25, 0.3) is 0 Å².